The molecule has 2 saturated heterocycles. The molecule has 15 nitrogen and oxygen atoms in total. The van der Waals surface area contributed by atoms with Gasteiger partial charge in [-0.1, -0.05) is 6.07 Å². The predicted molar refractivity (Wildman–Crippen MR) is 220 cm³/mol. The van der Waals surface area contributed by atoms with Gasteiger partial charge in [0.15, 0.2) is 17.4 Å². The van der Waals surface area contributed by atoms with Gasteiger partial charge in [-0.05, 0) is 99.2 Å². The van der Waals surface area contributed by atoms with Gasteiger partial charge in [-0.25, -0.2) is 22.9 Å². The summed E-state index contributed by atoms with van der Waals surface area (Å²) >= 11 is 0. The van der Waals surface area contributed by atoms with Gasteiger partial charge in [0.25, 0.3) is 5.91 Å². The number of carboxylic acids is 1. The fourth-order valence-electron chi connectivity index (χ4n) is 9.31. The quantitative estimate of drug-likeness (QED) is 0.0944. The Balaban J connectivity index is 0.000000741. The van der Waals surface area contributed by atoms with Crippen molar-refractivity contribution in [1.82, 2.24) is 34.9 Å². The highest BCUT2D eigenvalue weighted by atomic mass is 19.4. The molecular weight excluding hydrogens is 853 g/mol. The number of phenolic OH excluding ortho intramolecular Hbond substituents is 1. The third kappa shape index (κ3) is 8.89. The maximum absolute atomic E-state index is 14.3. The Labute approximate surface area is 361 Å². The number of rotatable bonds is 10. The molecule has 4 N–H and O–H groups in total. The van der Waals surface area contributed by atoms with E-state index in [0.29, 0.717) is 18.3 Å². The number of anilines is 2. The molecule has 2 bridgehead atoms. The van der Waals surface area contributed by atoms with E-state index in [1.807, 2.05) is 12.3 Å². The molecule has 5 heterocycles. The number of piperazine rings is 1. The molecule has 2 aliphatic heterocycles. The first-order valence-electron chi connectivity index (χ1n) is 20.9. The molecule has 0 radical (unpaired) electrons. The maximum atomic E-state index is 14.3. The fraction of sp³-hybridized carbons (Fsp3) is 0.442. The van der Waals surface area contributed by atoms with Crippen LogP contribution < -0.4 is 20.4 Å². The number of nitrogens with zero attached hydrogens (tertiary/aromatic N) is 7. The van der Waals surface area contributed by atoms with Crippen LogP contribution in [0.5, 0.6) is 5.75 Å². The van der Waals surface area contributed by atoms with Gasteiger partial charge in [0.2, 0.25) is 11.7 Å². The van der Waals surface area contributed by atoms with Crippen LogP contribution in [0.2, 0.25) is 0 Å². The third-order valence-corrected chi connectivity index (χ3v) is 13.2. The molecule has 64 heavy (non-hydrogen) atoms. The van der Waals surface area contributed by atoms with Gasteiger partial charge >= 0.3 is 18.2 Å². The number of carbonyl (C=O) groups excluding carboxylic acids is 3. The lowest BCUT2D eigenvalue weighted by Gasteiger charge is -2.53. The molecule has 3 saturated carbocycles. The van der Waals surface area contributed by atoms with E-state index < -0.39 is 52.8 Å². The van der Waals surface area contributed by atoms with Crippen LogP contribution in [0.15, 0.2) is 55.0 Å². The summed E-state index contributed by atoms with van der Waals surface area (Å²) in [7, 11) is 0. The van der Waals surface area contributed by atoms with E-state index in [1.165, 1.54) is 5.56 Å². The molecule has 0 unspecified atom stereocenters. The Morgan fingerprint density at radius 2 is 1.59 bits per heavy atom. The number of alkyl halides is 3. The zero-order valence-corrected chi connectivity index (χ0v) is 34.4. The summed E-state index contributed by atoms with van der Waals surface area (Å²) < 4.78 is 77.7. The lowest BCUT2D eigenvalue weighted by atomic mass is 9.57. The molecule has 5 aromatic rings. The zero-order chi connectivity index (χ0) is 45.6. The second-order valence-electron chi connectivity index (χ2n) is 17.0. The van der Waals surface area contributed by atoms with E-state index in [4.69, 9.17) is 15.0 Å². The number of imide groups is 1. The van der Waals surface area contributed by atoms with Gasteiger partial charge in [-0.3, -0.25) is 29.4 Å². The molecule has 3 aliphatic carbocycles. The van der Waals surface area contributed by atoms with Crippen LogP contribution in [-0.4, -0.2) is 110 Å². The minimum atomic E-state index is -5.08. The number of nitrogens with one attached hydrogen (secondary N) is 2. The average molecular weight is 898 g/mol. The number of hydrogen-bond acceptors (Lipinski definition) is 9. The van der Waals surface area contributed by atoms with Crippen LogP contribution in [0, 0.1) is 22.9 Å². The molecule has 3 aromatic heterocycles. The molecule has 21 heteroatoms. The molecule has 10 rings (SSSR count). The molecular formula is C43H45F6N9O6. The fourth-order valence-corrected chi connectivity index (χ4v) is 9.31. The van der Waals surface area contributed by atoms with E-state index >= 15 is 0 Å². The van der Waals surface area contributed by atoms with E-state index in [2.05, 4.69) is 60.7 Å². The van der Waals surface area contributed by atoms with Gasteiger partial charge in [0.1, 0.15) is 0 Å². The highest BCUT2D eigenvalue weighted by Crippen LogP contribution is 2.55. The third-order valence-electron chi connectivity index (χ3n) is 13.2. The van der Waals surface area contributed by atoms with Crippen molar-refractivity contribution in [3.8, 4) is 5.75 Å². The summed E-state index contributed by atoms with van der Waals surface area (Å²) in [5.41, 5.74) is 3.77. The smallest absolute Gasteiger partial charge is 0.490 e. The van der Waals surface area contributed by atoms with Crippen molar-refractivity contribution in [2.75, 3.05) is 55.6 Å². The topological polar surface area (TPSA) is 178 Å². The number of carboxylic acid groups (broad SMARTS) is 1. The summed E-state index contributed by atoms with van der Waals surface area (Å²) in [5, 5.41) is 32.2. The Morgan fingerprint density at radius 1 is 0.891 bits per heavy atom. The van der Waals surface area contributed by atoms with Crippen LogP contribution in [0.25, 0.3) is 16.4 Å². The van der Waals surface area contributed by atoms with Crippen LogP contribution >= 0.6 is 0 Å². The number of pyridine rings is 1. The van der Waals surface area contributed by atoms with Gasteiger partial charge in [-0.2, -0.15) is 27.8 Å². The molecule has 5 aliphatic rings. The number of aliphatic carboxylic acids is 1. The minimum absolute atomic E-state index is 0.118. The number of amides is 4. The number of aromatic hydroxyl groups is 1. The summed E-state index contributed by atoms with van der Waals surface area (Å²) in [5.74, 6) is -10.1. The predicted octanol–water partition coefficient (Wildman–Crippen LogP) is 6.12. The number of hydrogen-bond donors (Lipinski definition) is 4. The van der Waals surface area contributed by atoms with E-state index in [9.17, 15) is 45.8 Å². The normalized spacial score (nSPS) is 21.5. The Hall–Kier alpha value is -6.38. The largest absolute Gasteiger partial charge is 0.503 e. The van der Waals surface area contributed by atoms with Crippen molar-refractivity contribution in [3.63, 3.8) is 0 Å². The monoisotopic (exact) mass is 897 g/mol. The summed E-state index contributed by atoms with van der Waals surface area (Å²) in [6, 6.07) is 10.7. The number of urea groups is 1. The molecule has 340 valence electrons. The molecule has 4 amide bonds. The summed E-state index contributed by atoms with van der Waals surface area (Å²) in [6.07, 6.45) is 8.09. The van der Waals surface area contributed by atoms with Gasteiger partial charge in [0, 0.05) is 69.2 Å². The van der Waals surface area contributed by atoms with Crippen LogP contribution in [0.3, 0.4) is 0 Å². The number of aryl methyl sites for hydroxylation is 1. The van der Waals surface area contributed by atoms with Gasteiger partial charge in [-0.15, -0.1) is 0 Å². The maximum Gasteiger partial charge on any atom is 0.490 e. The second-order valence-corrected chi connectivity index (χ2v) is 17.0. The number of benzene rings is 2. The summed E-state index contributed by atoms with van der Waals surface area (Å²) in [6.45, 7) is 5.40. The van der Waals surface area contributed by atoms with Gasteiger partial charge < -0.3 is 20.4 Å². The first-order chi connectivity index (χ1) is 30.4. The highest BCUT2D eigenvalue weighted by molar-refractivity contribution is 6.07. The van der Waals surface area contributed by atoms with E-state index in [-0.39, 0.29) is 29.8 Å². The van der Waals surface area contributed by atoms with Crippen molar-refractivity contribution < 1.29 is 55.7 Å². The first kappa shape index (κ1) is 44.2. The highest BCUT2D eigenvalue weighted by Gasteiger charge is 2.50. The number of fused-ring (bicyclic) bond motifs is 5. The van der Waals surface area contributed by atoms with Crippen molar-refractivity contribution in [2.24, 2.45) is 5.41 Å². The second kappa shape index (κ2) is 17.3. The van der Waals surface area contributed by atoms with E-state index in [1.54, 1.807) is 15.6 Å². The number of phenols is 1. The van der Waals surface area contributed by atoms with Crippen molar-refractivity contribution >= 4 is 51.6 Å². The minimum Gasteiger partial charge on any atom is -0.503 e. The Morgan fingerprint density at radius 3 is 2.27 bits per heavy atom. The Bertz CT molecular complexity index is 2600. The summed E-state index contributed by atoms with van der Waals surface area (Å²) in [4.78, 5) is 52.0. The van der Waals surface area contributed by atoms with Crippen LogP contribution in [-0.2, 0) is 21.5 Å². The van der Waals surface area contributed by atoms with Crippen molar-refractivity contribution in [1.29, 1.82) is 0 Å². The lowest BCUT2D eigenvalue weighted by molar-refractivity contribution is -0.192. The number of aromatic nitrogens is 4. The molecule has 0 spiro atoms. The van der Waals surface area contributed by atoms with Crippen LogP contribution in [0.1, 0.15) is 67.3 Å². The SMILES string of the molecule is O=C(O)C(F)(F)F.O=C1CCN(c2cnn3cc(CCCN4CCN(c5ccc6cn(C78CCC(CNC(=O)c9cc(F)c(O)c(F)c9F)(CC7)CC8)nc6c5)CC4)ccc23)C(=O)N1. The van der Waals surface area contributed by atoms with Crippen LogP contribution in [0.4, 0.5) is 42.5 Å². The zero-order valence-electron chi connectivity index (χ0n) is 34.4. The first-order valence-corrected chi connectivity index (χ1v) is 20.9. The molecule has 5 fully saturated rings. The van der Waals surface area contributed by atoms with Crippen molar-refractivity contribution in [3.05, 3.63) is 83.6 Å². The van der Waals surface area contributed by atoms with Crippen molar-refractivity contribution in [2.45, 2.75) is 69.5 Å². The average Bonchev–Trinajstić information content (AvgIpc) is 3.92. The number of halogens is 6. The Kier molecular flexibility index (Phi) is 12.0. The van der Waals surface area contributed by atoms with Gasteiger partial charge in [0.05, 0.1) is 34.0 Å². The van der Waals surface area contributed by atoms with E-state index in [0.717, 1.165) is 106 Å². The standard InChI is InChI=1S/C41H44F3N9O4.C2HF3O2/c42-30-21-29(35(43)36(44)37(30)55)38(56)45-25-40-8-11-41(12-9-40,13-10-40)53-24-27-4-5-28(20-31(27)48-53)50-18-16-49(17-19-50)14-1-2-26-3-6-32-33(22-46-52(32)23-26)51-15-7-34(54)47-39(51)57;3-2(4,5)1(6)7/h3-6,20-24,55H,1-2,7-19,25H2,(H,45,56)(H,47,54,57);(H,6,7). The lowest BCUT2D eigenvalue weighted by Crippen LogP contribution is -2.51. The molecule has 2 aromatic carbocycles. The molecule has 0 atom stereocenters. The number of carbonyl (C=O) groups is 4.